The smallest absolute Gasteiger partial charge is 0.226 e. The number of fused-ring (bicyclic) bond motifs is 1. The molecule has 0 atom stereocenters. The average Bonchev–Trinajstić information content (AvgIpc) is 2.65. The fraction of sp³-hybridized carbons (Fsp3) is 0.429. The van der Waals surface area contributed by atoms with Crippen LogP contribution in [0.4, 0.5) is 0 Å². The van der Waals surface area contributed by atoms with Crippen molar-refractivity contribution in [2.45, 2.75) is 51.8 Å². The highest BCUT2D eigenvalue weighted by atomic mass is 16.7. The topological polar surface area (TPSA) is 89.2 Å². The molecule has 0 radical (unpaired) electrons. The Morgan fingerprint density at radius 1 is 1.11 bits per heavy atom. The van der Waals surface area contributed by atoms with E-state index in [0.29, 0.717) is 12.5 Å². The molecule has 6 nitrogen and oxygen atoms in total. The Balaban J connectivity index is 1.62. The molecule has 2 aromatic rings. The first-order chi connectivity index (χ1) is 13.0. The maximum Gasteiger partial charge on any atom is 0.226 e. The molecule has 0 bridgehead atoms. The van der Waals surface area contributed by atoms with Crippen molar-refractivity contribution < 1.29 is 4.84 Å². The number of benzene rings is 2. The number of rotatable bonds is 3. The Kier molecular flexibility index (Phi) is 4.52. The van der Waals surface area contributed by atoms with Gasteiger partial charge in [-0.3, -0.25) is 4.84 Å². The summed E-state index contributed by atoms with van der Waals surface area (Å²) in [5.41, 5.74) is 14.0. The van der Waals surface area contributed by atoms with Gasteiger partial charge in [0.15, 0.2) is 5.66 Å². The van der Waals surface area contributed by atoms with Crippen molar-refractivity contribution in [3.63, 3.8) is 0 Å². The van der Waals surface area contributed by atoms with Gasteiger partial charge < -0.3 is 11.5 Å². The van der Waals surface area contributed by atoms with Crippen LogP contribution in [0.2, 0.25) is 0 Å². The Morgan fingerprint density at radius 3 is 2.56 bits per heavy atom. The quantitative estimate of drug-likeness (QED) is 0.872. The van der Waals surface area contributed by atoms with Gasteiger partial charge >= 0.3 is 0 Å². The van der Waals surface area contributed by atoms with Gasteiger partial charge in [0.1, 0.15) is 6.61 Å². The van der Waals surface area contributed by atoms with Crippen LogP contribution in [0.1, 0.15) is 43.7 Å². The molecule has 4 N–H and O–H groups in total. The van der Waals surface area contributed by atoms with Crippen molar-refractivity contribution in [2.24, 2.45) is 27.4 Å². The Bertz CT molecular complexity index is 912. The summed E-state index contributed by atoms with van der Waals surface area (Å²) < 4.78 is 0. The zero-order valence-electron chi connectivity index (χ0n) is 16.0. The maximum atomic E-state index is 6.22. The van der Waals surface area contributed by atoms with Gasteiger partial charge in [-0.2, -0.15) is 10.1 Å². The van der Waals surface area contributed by atoms with Gasteiger partial charge in [0, 0.05) is 0 Å². The van der Waals surface area contributed by atoms with Gasteiger partial charge in [-0.25, -0.2) is 4.99 Å². The predicted molar refractivity (Wildman–Crippen MR) is 109 cm³/mol. The second-order valence-corrected chi connectivity index (χ2v) is 7.76. The lowest BCUT2D eigenvalue weighted by Gasteiger charge is -2.45. The minimum atomic E-state index is -0.539. The van der Waals surface area contributed by atoms with Crippen molar-refractivity contribution in [3.05, 3.63) is 47.5 Å². The van der Waals surface area contributed by atoms with E-state index in [-0.39, 0.29) is 11.9 Å². The third-order valence-electron chi connectivity index (χ3n) is 5.79. The van der Waals surface area contributed by atoms with E-state index in [0.717, 1.165) is 31.2 Å². The summed E-state index contributed by atoms with van der Waals surface area (Å²) in [5, 5.41) is 4.13. The van der Waals surface area contributed by atoms with Gasteiger partial charge in [-0.1, -0.05) is 43.3 Å². The Morgan fingerprint density at radius 2 is 1.81 bits per heavy atom. The fourth-order valence-corrected chi connectivity index (χ4v) is 4.16. The van der Waals surface area contributed by atoms with Crippen LogP contribution >= 0.6 is 0 Å². The number of hydrogen-bond donors (Lipinski definition) is 2. The SMILES string of the molecule is Cc1ccc(CON2C(N)=NC(N)=NC23CCC(C)CC3)c2ccccc12. The minimum absolute atomic E-state index is 0.239. The lowest BCUT2D eigenvalue weighted by Crippen LogP contribution is -2.58. The number of aryl methyl sites for hydroxylation is 1. The summed E-state index contributed by atoms with van der Waals surface area (Å²) in [7, 11) is 0. The molecule has 1 saturated carbocycles. The third-order valence-corrected chi connectivity index (χ3v) is 5.79. The van der Waals surface area contributed by atoms with Gasteiger partial charge in [-0.05, 0) is 60.4 Å². The minimum Gasteiger partial charge on any atom is -0.368 e. The molecular weight excluding hydrogens is 338 g/mol. The average molecular weight is 365 g/mol. The van der Waals surface area contributed by atoms with E-state index in [1.165, 1.54) is 16.3 Å². The van der Waals surface area contributed by atoms with Crippen LogP contribution in [0.5, 0.6) is 0 Å². The summed E-state index contributed by atoms with van der Waals surface area (Å²) in [6.07, 6.45) is 3.86. The molecule has 27 heavy (non-hydrogen) atoms. The van der Waals surface area contributed by atoms with Crippen molar-refractivity contribution in [1.82, 2.24) is 5.06 Å². The van der Waals surface area contributed by atoms with Crippen LogP contribution in [0.25, 0.3) is 10.8 Å². The van der Waals surface area contributed by atoms with E-state index in [9.17, 15) is 0 Å². The number of aliphatic imine (C=N–C) groups is 2. The molecule has 1 aliphatic carbocycles. The third kappa shape index (κ3) is 3.25. The van der Waals surface area contributed by atoms with E-state index in [1.807, 2.05) is 0 Å². The molecular formula is C21H27N5O. The molecule has 2 aliphatic rings. The molecule has 1 fully saturated rings. The molecule has 6 heteroatoms. The molecule has 142 valence electrons. The molecule has 0 unspecified atom stereocenters. The lowest BCUT2D eigenvalue weighted by molar-refractivity contribution is -0.187. The zero-order chi connectivity index (χ0) is 19.0. The second kappa shape index (κ2) is 6.85. The van der Waals surface area contributed by atoms with E-state index >= 15 is 0 Å². The van der Waals surface area contributed by atoms with E-state index in [4.69, 9.17) is 16.3 Å². The normalized spacial score (nSPS) is 25.6. The van der Waals surface area contributed by atoms with Crippen LogP contribution in [0, 0.1) is 12.8 Å². The van der Waals surface area contributed by atoms with E-state index < -0.39 is 5.66 Å². The summed E-state index contributed by atoms with van der Waals surface area (Å²) in [6, 6.07) is 12.6. The first-order valence-electron chi connectivity index (χ1n) is 9.58. The van der Waals surface area contributed by atoms with Gasteiger partial charge in [0.25, 0.3) is 0 Å². The highest BCUT2D eigenvalue weighted by molar-refractivity contribution is 5.95. The standard InChI is InChI=1S/C21H27N5O/c1-14-9-11-21(12-10-14)25-19(22)24-20(23)26(21)27-13-16-8-7-15(2)17-5-3-4-6-18(16)17/h3-8,14H,9-13H2,1-2H3,(H4,22,23,24,25). The molecule has 2 aromatic carbocycles. The Hall–Kier alpha value is -2.60. The van der Waals surface area contributed by atoms with Crippen molar-refractivity contribution in [1.29, 1.82) is 0 Å². The second-order valence-electron chi connectivity index (χ2n) is 7.76. The van der Waals surface area contributed by atoms with Crippen LogP contribution in [0.3, 0.4) is 0 Å². The fourth-order valence-electron chi connectivity index (χ4n) is 4.16. The highest BCUT2D eigenvalue weighted by Gasteiger charge is 2.44. The summed E-state index contributed by atoms with van der Waals surface area (Å²) in [5.74, 6) is 1.20. The first kappa shape index (κ1) is 17.8. The molecule has 1 spiro atoms. The van der Waals surface area contributed by atoms with Crippen LogP contribution in [-0.4, -0.2) is 22.6 Å². The number of nitrogens with zero attached hydrogens (tertiary/aromatic N) is 3. The number of hydrogen-bond acceptors (Lipinski definition) is 6. The van der Waals surface area contributed by atoms with Crippen molar-refractivity contribution in [2.75, 3.05) is 0 Å². The summed E-state index contributed by atoms with van der Waals surface area (Å²) in [4.78, 5) is 15.0. The van der Waals surface area contributed by atoms with E-state index in [1.54, 1.807) is 5.06 Å². The van der Waals surface area contributed by atoms with Crippen LogP contribution < -0.4 is 11.5 Å². The molecule has 0 saturated heterocycles. The van der Waals surface area contributed by atoms with E-state index in [2.05, 4.69) is 60.2 Å². The highest BCUT2D eigenvalue weighted by Crippen LogP contribution is 2.39. The molecule has 0 amide bonds. The molecule has 1 aliphatic heterocycles. The van der Waals surface area contributed by atoms with Crippen LogP contribution in [-0.2, 0) is 11.4 Å². The first-order valence-corrected chi connectivity index (χ1v) is 9.58. The summed E-state index contributed by atoms with van der Waals surface area (Å²) >= 11 is 0. The molecule has 1 heterocycles. The lowest BCUT2D eigenvalue weighted by atomic mass is 9.82. The van der Waals surface area contributed by atoms with Crippen LogP contribution in [0.15, 0.2) is 46.4 Å². The van der Waals surface area contributed by atoms with Crippen molar-refractivity contribution in [3.8, 4) is 0 Å². The van der Waals surface area contributed by atoms with Gasteiger partial charge in [0.05, 0.1) is 0 Å². The molecule has 0 aromatic heterocycles. The van der Waals surface area contributed by atoms with Gasteiger partial charge in [0.2, 0.25) is 11.9 Å². The molecule has 4 rings (SSSR count). The largest absolute Gasteiger partial charge is 0.368 e. The summed E-state index contributed by atoms with van der Waals surface area (Å²) in [6.45, 7) is 4.80. The van der Waals surface area contributed by atoms with Gasteiger partial charge in [-0.15, -0.1) is 0 Å². The number of nitrogens with two attached hydrogens (primary N) is 2. The Labute approximate surface area is 159 Å². The number of guanidine groups is 2. The maximum absolute atomic E-state index is 6.22. The predicted octanol–water partition coefficient (Wildman–Crippen LogP) is 3.43. The van der Waals surface area contributed by atoms with Crippen molar-refractivity contribution >= 4 is 22.7 Å². The monoisotopic (exact) mass is 365 g/mol. The zero-order valence-corrected chi connectivity index (χ0v) is 16.0. The number of hydroxylamine groups is 2.